The van der Waals surface area contributed by atoms with Gasteiger partial charge in [-0.25, -0.2) is 9.97 Å². The summed E-state index contributed by atoms with van der Waals surface area (Å²) in [5.41, 5.74) is 1.24. The van der Waals surface area contributed by atoms with Crippen LogP contribution >= 0.6 is 0 Å². The van der Waals surface area contributed by atoms with Gasteiger partial charge in [0.15, 0.2) is 0 Å². The number of rotatable bonds is 3. The molecule has 0 aliphatic carbocycles. The van der Waals surface area contributed by atoms with Crippen LogP contribution in [0.1, 0.15) is 49.1 Å². The third kappa shape index (κ3) is 3.93. The molecule has 24 heavy (non-hydrogen) atoms. The normalized spacial score (nSPS) is 17.2. The molecule has 1 N–H and O–H groups in total. The van der Waals surface area contributed by atoms with Crippen molar-refractivity contribution in [2.45, 2.75) is 58.7 Å². The molecular formula is C18H24N4O2. The molecule has 0 aromatic carbocycles. The van der Waals surface area contributed by atoms with Gasteiger partial charge in [0.25, 0.3) is 5.91 Å². The number of nitrogens with zero attached hydrogens (tertiary/aromatic N) is 3. The standard InChI is InChI=1S/C18H24N4O2/c1-12-10-22-11-14(5-6-15(22)20-12)21-17(23)13-7-8-19-16(9-13)24-18(2,3)4/h7-10,14H,5-6,11H2,1-4H3,(H,21,23)/t14-/m0/s1. The van der Waals surface area contributed by atoms with Crippen molar-refractivity contribution in [1.82, 2.24) is 19.9 Å². The topological polar surface area (TPSA) is 69.0 Å². The molecule has 2 aromatic rings. The Kier molecular flexibility index (Phi) is 4.30. The third-order valence-electron chi connectivity index (χ3n) is 3.86. The molecule has 1 amide bonds. The zero-order chi connectivity index (χ0) is 17.3. The van der Waals surface area contributed by atoms with Gasteiger partial charge in [-0.3, -0.25) is 4.79 Å². The molecule has 1 atom stereocenters. The molecule has 0 saturated carbocycles. The molecule has 1 aliphatic rings. The van der Waals surface area contributed by atoms with Crippen molar-refractivity contribution in [2.24, 2.45) is 0 Å². The van der Waals surface area contributed by atoms with E-state index in [2.05, 4.69) is 19.9 Å². The van der Waals surface area contributed by atoms with Gasteiger partial charge in [0.2, 0.25) is 5.88 Å². The number of fused-ring (bicyclic) bond motifs is 1. The van der Waals surface area contributed by atoms with Crippen LogP contribution in [0.25, 0.3) is 0 Å². The third-order valence-corrected chi connectivity index (χ3v) is 3.86. The van der Waals surface area contributed by atoms with Gasteiger partial charge in [-0.05, 0) is 40.2 Å². The molecule has 0 fully saturated rings. The number of pyridine rings is 1. The largest absolute Gasteiger partial charge is 0.472 e. The lowest BCUT2D eigenvalue weighted by atomic mass is 10.1. The van der Waals surface area contributed by atoms with Crippen LogP contribution in [0.5, 0.6) is 5.88 Å². The van der Waals surface area contributed by atoms with Gasteiger partial charge in [-0.15, -0.1) is 0 Å². The van der Waals surface area contributed by atoms with Crippen LogP contribution in [-0.4, -0.2) is 32.1 Å². The number of ether oxygens (including phenoxy) is 1. The van der Waals surface area contributed by atoms with E-state index in [1.165, 1.54) is 0 Å². The number of imidazole rings is 1. The van der Waals surface area contributed by atoms with Crippen molar-refractivity contribution in [2.75, 3.05) is 0 Å². The van der Waals surface area contributed by atoms with E-state index in [0.717, 1.165) is 30.9 Å². The van der Waals surface area contributed by atoms with Crippen LogP contribution in [0.4, 0.5) is 0 Å². The second kappa shape index (κ2) is 6.26. The Balaban J connectivity index is 1.66. The number of aryl methyl sites for hydroxylation is 2. The molecule has 0 radical (unpaired) electrons. The van der Waals surface area contributed by atoms with E-state index in [1.807, 2.05) is 33.9 Å². The molecule has 2 aromatic heterocycles. The summed E-state index contributed by atoms with van der Waals surface area (Å²) in [6.45, 7) is 8.61. The van der Waals surface area contributed by atoms with Gasteiger partial charge < -0.3 is 14.6 Å². The highest BCUT2D eigenvalue weighted by molar-refractivity contribution is 5.94. The summed E-state index contributed by atoms with van der Waals surface area (Å²) < 4.78 is 7.86. The lowest BCUT2D eigenvalue weighted by Crippen LogP contribution is -2.40. The van der Waals surface area contributed by atoms with E-state index in [-0.39, 0.29) is 17.6 Å². The van der Waals surface area contributed by atoms with Crippen molar-refractivity contribution in [1.29, 1.82) is 0 Å². The predicted octanol–water partition coefficient (Wildman–Crippen LogP) is 2.51. The Morgan fingerprint density at radius 3 is 2.96 bits per heavy atom. The quantitative estimate of drug-likeness (QED) is 0.940. The predicted molar refractivity (Wildman–Crippen MR) is 91.2 cm³/mol. The summed E-state index contributed by atoms with van der Waals surface area (Å²) in [6, 6.07) is 3.51. The second-order valence-corrected chi connectivity index (χ2v) is 7.26. The van der Waals surface area contributed by atoms with E-state index in [9.17, 15) is 4.79 Å². The van der Waals surface area contributed by atoms with Crippen LogP contribution in [-0.2, 0) is 13.0 Å². The van der Waals surface area contributed by atoms with Crippen LogP contribution < -0.4 is 10.1 Å². The number of hydrogen-bond acceptors (Lipinski definition) is 4. The SMILES string of the molecule is Cc1cn2c(n1)CC[C@H](NC(=O)c1ccnc(OC(C)(C)C)c1)C2. The summed E-state index contributed by atoms with van der Waals surface area (Å²) in [6.07, 6.45) is 5.43. The highest BCUT2D eigenvalue weighted by atomic mass is 16.5. The molecule has 0 unspecified atom stereocenters. The van der Waals surface area contributed by atoms with Gasteiger partial charge in [0, 0.05) is 43.0 Å². The average Bonchev–Trinajstić information content (AvgIpc) is 2.85. The highest BCUT2D eigenvalue weighted by Crippen LogP contribution is 2.18. The maximum absolute atomic E-state index is 12.5. The molecular weight excluding hydrogens is 304 g/mol. The van der Waals surface area contributed by atoms with E-state index in [4.69, 9.17) is 4.74 Å². The van der Waals surface area contributed by atoms with E-state index >= 15 is 0 Å². The van der Waals surface area contributed by atoms with E-state index in [1.54, 1.807) is 18.3 Å². The Hall–Kier alpha value is -2.37. The lowest BCUT2D eigenvalue weighted by Gasteiger charge is -2.25. The number of amides is 1. The summed E-state index contributed by atoms with van der Waals surface area (Å²) in [5, 5.41) is 3.10. The molecule has 1 aliphatic heterocycles. The summed E-state index contributed by atoms with van der Waals surface area (Å²) in [7, 11) is 0. The Bertz CT molecular complexity index is 746. The van der Waals surface area contributed by atoms with Crippen LogP contribution in [0.15, 0.2) is 24.5 Å². The number of nitrogens with one attached hydrogen (secondary N) is 1. The second-order valence-electron chi connectivity index (χ2n) is 7.26. The van der Waals surface area contributed by atoms with Crippen molar-refractivity contribution in [3.05, 3.63) is 41.6 Å². The summed E-state index contributed by atoms with van der Waals surface area (Å²) in [5.74, 6) is 1.47. The fourth-order valence-electron chi connectivity index (χ4n) is 2.89. The highest BCUT2D eigenvalue weighted by Gasteiger charge is 2.22. The van der Waals surface area contributed by atoms with Gasteiger partial charge in [-0.1, -0.05) is 0 Å². The minimum Gasteiger partial charge on any atom is -0.472 e. The first-order chi connectivity index (χ1) is 11.3. The molecule has 0 bridgehead atoms. The first-order valence-electron chi connectivity index (χ1n) is 8.29. The average molecular weight is 328 g/mol. The molecule has 0 saturated heterocycles. The fourth-order valence-corrected chi connectivity index (χ4v) is 2.89. The summed E-state index contributed by atoms with van der Waals surface area (Å²) >= 11 is 0. The maximum Gasteiger partial charge on any atom is 0.251 e. The van der Waals surface area contributed by atoms with E-state index in [0.29, 0.717) is 11.4 Å². The molecule has 3 rings (SSSR count). The van der Waals surface area contributed by atoms with Crippen LogP contribution in [0.2, 0.25) is 0 Å². The van der Waals surface area contributed by atoms with E-state index < -0.39 is 0 Å². The van der Waals surface area contributed by atoms with Crippen LogP contribution in [0.3, 0.4) is 0 Å². The molecule has 128 valence electrons. The molecule has 0 spiro atoms. The number of carbonyl (C=O) groups excluding carboxylic acids is 1. The van der Waals surface area contributed by atoms with Gasteiger partial charge in [0.05, 0.1) is 5.69 Å². The Labute approximate surface area is 142 Å². The monoisotopic (exact) mass is 328 g/mol. The molecule has 6 nitrogen and oxygen atoms in total. The molecule has 6 heteroatoms. The first kappa shape index (κ1) is 16.5. The Morgan fingerprint density at radius 1 is 1.42 bits per heavy atom. The lowest BCUT2D eigenvalue weighted by molar-refractivity contribution is 0.0923. The van der Waals surface area contributed by atoms with Crippen molar-refractivity contribution in [3.63, 3.8) is 0 Å². The van der Waals surface area contributed by atoms with Crippen molar-refractivity contribution >= 4 is 5.91 Å². The Morgan fingerprint density at radius 2 is 2.21 bits per heavy atom. The zero-order valence-corrected chi connectivity index (χ0v) is 14.7. The molecule has 3 heterocycles. The number of aromatic nitrogens is 3. The van der Waals surface area contributed by atoms with Gasteiger partial charge >= 0.3 is 0 Å². The summed E-state index contributed by atoms with van der Waals surface area (Å²) in [4.78, 5) is 21.2. The minimum absolute atomic E-state index is 0.0959. The van der Waals surface area contributed by atoms with Crippen LogP contribution in [0, 0.1) is 6.92 Å². The maximum atomic E-state index is 12.5. The fraction of sp³-hybridized carbons (Fsp3) is 0.500. The number of hydrogen-bond donors (Lipinski definition) is 1. The number of carbonyl (C=O) groups is 1. The van der Waals surface area contributed by atoms with Crippen molar-refractivity contribution in [3.8, 4) is 5.88 Å². The smallest absolute Gasteiger partial charge is 0.251 e. The zero-order valence-electron chi connectivity index (χ0n) is 14.7. The van der Waals surface area contributed by atoms with Gasteiger partial charge in [0.1, 0.15) is 11.4 Å². The first-order valence-corrected chi connectivity index (χ1v) is 8.29. The minimum atomic E-state index is -0.346. The van der Waals surface area contributed by atoms with Crippen molar-refractivity contribution < 1.29 is 9.53 Å². The van der Waals surface area contributed by atoms with Gasteiger partial charge in [-0.2, -0.15) is 0 Å².